The lowest BCUT2D eigenvalue weighted by Gasteiger charge is -2.30. The number of benzene rings is 1. The molecule has 12 heteroatoms. The molecular weight excluding hydrogens is 385 g/mol. The van der Waals surface area contributed by atoms with Gasteiger partial charge in [0.2, 0.25) is 11.8 Å². The van der Waals surface area contributed by atoms with E-state index in [0.717, 1.165) is 17.0 Å². The van der Waals surface area contributed by atoms with Crippen LogP contribution in [0.4, 0.5) is 29.3 Å². The highest BCUT2D eigenvalue weighted by Gasteiger charge is 2.45. The van der Waals surface area contributed by atoms with Gasteiger partial charge in [0.25, 0.3) is 0 Å². The van der Waals surface area contributed by atoms with E-state index in [-0.39, 0.29) is 17.9 Å². The fourth-order valence-corrected chi connectivity index (χ4v) is 2.88. The van der Waals surface area contributed by atoms with Crippen molar-refractivity contribution in [1.82, 2.24) is 9.80 Å². The Hall–Kier alpha value is -3.44. The quantitative estimate of drug-likeness (QED) is 0.599. The molecular formula is C16H13F3N4O5. The van der Waals surface area contributed by atoms with Crippen LogP contribution in [0, 0.1) is 0 Å². The summed E-state index contributed by atoms with van der Waals surface area (Å²) < 4.78 is 38.6. The van der Waals surface area contributed by atoms with Crippen molar-refractivity contribution in [2.24, 2.45) is 0 Å². The van der Waals surface area contributed by atoms with Crippen LogP contribution in [0.2, 0.25) is 0 Å². The number of carbonyl (C=O) groups is 5. The van der Waals surface area contributed by atoms with Gasteiger partial charge in [0, 0.05) is 6.54 Å². The molecule has 2 aliphatic heterocycles. The highest BCUT2D eigenvalue weighted by molar-refractivity contribution is 6.45. The Kier molecular flexibility index (Phi) is 4.57. The fourth-order valence-electron chi connectivity index (χ4n) is 2.88. The number of imide groups is 2. The minimum Gasteiger partial charge on any atom is -0.323 e. The van der Waals surface area contributed by atoms with E-state index in [0.29, 0.717) is 15.9 Å². The number of anilines is 2. The average molecular weight is 398 g/mol. The van der Waals surface area contributed by atoms with Gasteiger partial charge in [-0.1, -0.05) is 0 Å². The summed E-state index contributed by atoms with van der Waals surface area (Å²) in [5.41, 5.74) is -1.27. The average Bonchev–Trinajstić information content (AvgIpc) is 2.82. The molecule has 0 spiro atoms. The summed E-state index contributed by atoms with van der Waals surface area (Å²) in [6.45, 7) is 0.0631. The Bertz CT molecular complexity index is 914. The van der Waals surface area contributed by atoms with Crippen molar-refractivity contribution < 1.29 is 37.1 Å². The molecule has 0 aromatic heterocycles. The molecule has 1 saturated heterocycles. The Morgan fingerprint density at radius 1 is 1.11 bits per heavy atom. The van der Waals surface area contributed by atoms with Crippen LogP contribution in [-0.4, -0.2) is 59.1 Å². The number of hydrogen-bond acceptors (Lipinski definition) is 5. The van der Waals surface area contributed by atoms with Crippen molar-refractivity contribution in [2.45, 2.75) is 13.1 Å². The van der Waals surface area contributed by atoms with Crippen LogP contribution < -0.4 is 10.2 Å². The zero-order valence-corrected chi connectivity index (χ0v) is 14.4. The molecule has 3 rings (SSSR count). The molecule has 148 valence electrons. The van der Waals surface area contributed by atoms with Crippen LogP contribution in [0.3, 0.4) is 0 Å². The third kappa shape index (κ3) is 3.17. The normalized spacial score (nSPS) is 17.2. The molecule has 0 bridgehead atoms. The zero-order chi connectivity index (χ0) is 20.8. The highest BCUT2D eigenvalue weighted by Crippen LogP contribution is 2.37. The predicted octanol–water partition coefficient (Wildman–Crippen LogP) is 0.801. The Balaban J connectivity index is 1.88. The number of hydrogen-bond donors (Lipinski definition) is 1. The van der Waals surface area contributed by atoms with Crippen LogP contribution in [-0.2, 0) is 25.4 Å². The number of rotatable bonds is 3. The third-order valence-corrected chi connectivity index (χ3v) is 4.24. The van der Waals surface area contributed by atoms with Crippen molar-refractivity contribution in [3.05, 3.63) is 23.8 Å². The fraction of sp³-hybridized carbons (Fsp3) is 0.312. The Labute approximate surface area is 155 Å². The maximum Gasteiger partial charge on any atom is 0.416 e. The Morgan fingerprint density at radius 3 is 2.32 bits per heavy atom. The highest BCUT2D eigenvalue weighted by atomic mass is 19.4. The topological polar surface area (TPSA) is 107 Å². The minimum atomic E-state index is -4.65. The molecule has 1 fully saturated rings. The number of halogens is 3. The van der Waals surface area contributed by atoms with Crippen molar-refractivity contribution in [3.8, 4) is 0 Å². The molecule has 1 aromatic rings. The summed E-state index contributed by atoms with van der Waals surface area (Å²) in [5.74, 6) is -3.91. The second-order valence-corrected chi connectivity index (χ2v) is 5.98. The number of likely N-dealkylation sites (N-methyl/N-ethyl adjacent to an activating group) is 1. The molecule has 2 heterocycles. The standard InChI is InChI=1S/C16H13F3N4O5/c1-2-21-13(26)14(27)23(15(21)28)7-12(25)22-6-11(24)20-9-5-8(16(17,18)19)3-4-10(9)22/h3-5H,2,6-7H2,1H3,(H,20,24). The van der Waals surface area contributed by atoms with Gasteiger partial charge in [0.05, 0.1) is 16.9 Å². The number of amides is 6. The summed E-state index contributed by atoms with van der Waals surface area (Å²) >= 11 is 0. The second kappa shape index (κ2) is 6.62. The molecule has 0 unspecified atom stereocenters. The van der Waals surface area contributed by atoms with Crippen LogP contribution in [0.5, 0.6) is 0 Å². The van der Waals surface area contributed by atoms with E-state index < -0.39 is 54.5 Å². The third-order valence-electron chi connectivity index (χ3n) is 4.24. The van der Waals surface area contributed by atoms with Crippen LogP contribution in [0.15, 0.2) is 18.2 Å². The monoisotopic (exact) mass is 398 g/mol. The molecule has 0 aliphatic carbocycles. The van der Waals surface area contributed by atoms with Gasteiger partial charge in [-0.05, 0) is 25.1 Å². The largest absolute Gasteiger partial charge is 0.416 e. The molecule has 1 N–H and O–H groups in total. The van der Waals surface area contributed by atoms with Gasteiger partial charge >= 0.3 is 24.0 Å². The second-order valence-electron chi connectivity index (χ2n) is 5.98. The van der Waals surface area contributed by atoms with Gasteiger partial charge < -0.3 is 5.32 Å². The summed E-state index contributed by atoms with van der Waals surface area (Å²) in [5, 5.41) is 2.25. The van der Waals surface area contributed by atoms with Gasteiger partial charge in [-0.3, -0.25) is 29.0 Å². The van der Waals surface area contributed by atoms with Gasteiger partial charge in [-0.15, -0.1) is 0 Å². The lowest BCUT2D eigenvalue weighted by molar-refractivity contribution is -0.143. The van der Waals surface area contributed by atoms with Gasteiger partial charge in [-0.2, -0.15) is 13.2 Å². The summed E-state index contributed by atoms with van der Waals surface area (Å²) in [4.78, 5) is 62.0. The molecule has 28 heavy (non-hydrogen) atoms. The number of fused-ring (bicyclic) bond motifs is 1. The summed E-state index contributed by atoms with van der Waals surface area (Å²) in [6.07, 6.45) is -4.65. The lowest BCUT2D eigenvalue weighted by atomic mass is 10.1. The SMILES string of the molecule is CCN1C(=O)C(=O)N(CC(=O)N2CC(=O)Nc3cc(C(F)(F)F)ccc32)C1=O. The van der Waals surface area contributed by atoms with Gasteiger partial charge in [-0.25, -0.2) is 9.69 Å². The van der Waals surface area contributed by atoms with E-state index in [1.165, 1.54) is 6.92 Å². The first-order valence-corrected chi connectivity index (χ1v) is 8.03. The number of nitrogens with one attached hydrogen (secondary N) is 1. The van der Waals surface area contributed by atoms with Crippen molar-refractivity contribution in [3.63, 3.8) is 0 Å². The van der Waals surface area contributed by atoms with Crippen molar-refractivity contribution in [1.29, 1.82) is 0 Å². The van der Waals surface area contributed by atoms with E-state index in [4.69, 9.17) is 0 Å². The predicted molar refractivity (Wildman–Crippen MR) is 86.9 cm³/mol. The van der Waals surface area contributed by atoms with E-state index >= 15 is 0 Å². The molecule has 1 aromatic carbocycles. The van der Waals surface area contributed by atoms with Gasteiger partial charge in [0.15, 0.2) is 0 Å². The van der Waals surface area contributed by atoms with E-state index in [9.17, 15) is 37.1 Å². The number of carbonyl (C=O) groups excluding carboxylic acids is 5. The molecule has 0 atom stereocenters. The first kappa shape index (κ1) is 19.3. The Morgan fingerprint density at radius 2 is 1.75 bits per heavy atom. The first-order chi connectivity index (χ1) is 13.0. The van der Waals surface area contributed by atoms with Crippen molar-refractivity contribution in [2.75, 3.05) is 29.9 Å². The van der Waals surface area contributed by atoms with Crippen molar-refractivity contribution >= 4 is 41.0 Å². The van der Waals surface area contributed by atoms with Crippen LogP contribution in [0.25, 0.3) is 0 Å². The maximum atomic E-state index is 12.9. The number of alkyl halides is 3. The first-order valence-electron chi connectivity index (χ1n) is 8.03. The van der Waals surface area contributed by atoms with Crippen LogP contribution in [0.1, 0.15) is 12.5 Å². The summed E-state index contributed by atoms with van der Waals surface area (Å²) in [7, 11) is 0. The van der Waals surface area contributed by atoms with E-state index in [1.807, 2.05) is 0 Å². The van der Waals surface area contributed by atoms with Gasteiger partial charge in [0.1, 0.15) is 13.1 Å². The number of urea groups is 1. The number of nitrogens with zero attached hydrogens (tertiary/aromatic N) is 3. The van der Waals surface area contributed by atoms with Crippen LogP contribution >= 0.6 is 0 Å². The molecule has 9 nitrogen and oxygen atoms in total. The lowest BCUT2D eigenvalue weighted by Crippen LogP contribution is -2.48. The zero-order valence-electron chi connectivity index (χ0n) is 14.4. The molecule has 6 amide bonds. The van der Waals surface area contributed by atoms with E-state index in [2.05, 4.69) is 5.32 Å². The maximum absolute atomic E-state index is 12.9. The molecule has 0 radical (unpaired) electrons. The minimum absolute atomic E-state index is 0.0182. The van der Waals surface area contributed by atoms with E-state index in [1.54, 1.807) is 0 Å². The smallest absolute Gasteiger partial charge is 0.323 e. The molecule has 0 saturated carbocycles. The summed E-state index contributed by atoms with van der Waals surface area (Å²) in [6, 6.07) is 1.46. The molecule has 2 aliphatic rings.